The van der Waals surface area contributed by atoms with Gasteiger partial charge in [0.1, 0.15) is 5.75 Å². The molecule has 2 rings (SSSR count). The van der Waals surface area contributed by atoms with Gasteiger partial charge >= 0.3 is 0 Å². The molecule has 1 aromatic carbocycles. The van der Waals surface area contributed by atoms with Crippen LogP contribution in [0.4, 0.5) is 0 Å². The zero-order valence-corrected chi connectivity index (χ0v) is 12.5. The first-order valence-corrected chi connectivity index (χ1v) is 7.43. The van der Waals surface area contributed by atoms with E-state index in [0.29, 0.717) is 23.2 Å². The van der Waals surface area contributed by atoms with Crippen molar-refractivity contribution in [1.82, 2.24) is 5.32 Å². The fourth-order valence-electron chi connectivity index (χ4n) is 1.92. The van der Waals surface area contributed by atoms with Crippen LogP contribution in [0.2, 0.25) is 5.02 Å². The summed E-state index contributed by atoms with van der Waals surface area (Å²) >= 11 is 6.20. The third-order valence-electron chi connectivity index (χ3n) is 3.37. The molecule has 0 aromatic heterocycles. The van der Waals surface area contributed by atoms with Gasteiger partial charge in [-0.15, -0.1) is 0 Å². The number of benzene rings is 1. The molecular formula is C15H21ClN2O2. The largest absolute Gasteiger partial charge is 0.483 e. The quantitative estimate of drug-likeness (QED) is 0.811. The fraction of sp³-hybridized carbons (Fsp3) is 0.533. The minimum atomic E-state index is -0.0850. The highest BCUT2D eigenvalue weighted by Crippen LogP contribution is 2.28. The molecule has 0 bridgehead atoms. The lowest BCUT2D eigenvalue weighted by Gasteiger charge is -2.15. The normalized spacial score (nSPS) is 15.8. The highest BCUT2D eigenvalue weighted by atomic mass is 35.5. The second-order valence-electron chi connectivity index (χ2n) is 5.22. The molecule has 1 atom stereocenters. The molecule has 1 saturated carbocycles. The number of carbonyl (C=O) groups excluding carboxylic acids is 1. The Balaban J connectivity index is 1.98. The number of carbonyl (C=O) groups is 1. The number of nitrogens with one attached hydrogen (secondary N) is 1. The van der Waals surface area contributed by atoms with Crippen LogP contribution in [0.15, 0.2) is 18.2 Å². The van der Waals surface area contributed by atoms with Gasteiger partial charge in [-0.2, -0.15) is 0 Å². The molecule has 20 heavy (non-hydrogen) atoms. The van der Waals surface area contributed by atoms with Gasteiger partial charge in [0.25, 0.3) is 5.91 Å². The van der Waals surface area contributed by atoms with E-state index < -0.39 is 0 Å². The lowest BCUT2D eigenvalue weighted by Crippen LogP contribution is -2.30. The molecule has 0 saturated heterocycles. The van der Waals surface area contributed by atoms with Crippen molar-refractivity contribution in [3.8, 4) is 5.75 Å². The van der Waals surface area contributed by atoms with Gasteiger partial charge in [0, 0.05) is 22.7 Å². The Labute approximate surface area is 124 Å². The summed E-state index contributed by atoms with van der Waals surface area (Å²) in [6.45, 7) is 2.05. The zero-order chi connectivity index (χ0) is 14.5. The highest BCUT2D eigenvalue weighted by Gasteiger charge is 2.23. The Bertz CT molecular complexity index is 475. The van der Waals surface area contributed by atoms with Crippen LogP contribution in [0.5, 0.6) is 5.75 Å². The number of rotatable bonds is 7. The maximum absolute atomic E-state index is 11.6. The van der Waals surface area contributed by atoms with Crippen LogP contribution in [0.1, 0.15) is 31.7 Å². The second-order valence-corrected chi connectivity index (χ2v) is 5.63. The Morgan fingerprint density at radius 2 is 2.30 bits per heavy atom. The minimum absolute atomic E-state index is 0.0191. The summed E-state index contributed by atoms with van der Waals surface area (Å²) in [6, 6.07) is 5.85. The molecule has 1 fully saturated rings. The van der Waals surface area contributed by atoms with Crippen LogP contribution in [0, 0.1) is 0 Å². The minimum Gasteiger partial charge on any atom is -0.483 e. The maximum Gasteiger partial charge on any atom is 0.258 e. The molecule has 1 aliphatic rings. The van der Waals surface area contributed by atoms with Gasteiger partial charge in [-0.1, -0.05) is 24.6 Å². The average Bonchev–Trinajstić information content (AvgIpc) is 3.23. The van der Waals surface area contributed by atoms with Gasteiger partial charge in [0.05, 0.1) is 0 Å². The molecule has 3 N–H and O–H groups in total. The Kier molecular flexibility index (Phi) is 5.26. The lowest BCUT2D eigenvalue weighted by molar-refractivity contribution is -0.123. The summed E-state index contributed by atoms with van der Waals surface area (Å²) in [5.74, 6) is 0.561. The molecule has 0 heterocycles. The van der Waals surface area contributed by atoms with Gasteiger partial charge in [-0.25, -0.2) is 0 Å². The van der Waals surface area contributed by atoms with Crippen LogP contribution in [0.3, 0.4) is 0 Å². The highest BCUT2D eigenvalue weighted by molar-refractivity contribution is 6.31. The van der Waals surface area contributed by atoms with Gasteiger partial charge in [0.15, 0.2) is 6.61 Å². The first-order chi connectivity index (χ1) is 9.60. The van der Waals surface area contributed by atoms with E-state index in [1.54, 1.807) is 0 Å². The molecule has 0 radical (unpaired) electrons. The summed E-state index contributed by atoms with van der Waals surface area (Å²) in [4.78, 5) is 11.6. The predicted molar refractivity (Wildman–Crippen MR) is 80.1 cm³/mol. The Morgan fingerprint density at radius 3 is 2.95 bits per heavy atom. The molecule has 4 nitrogen and oxygen atoms in total. The summed E-state index contributed by atoms with van der Waals surface area (Å²) in [7, 11) is 0. The van der Waals surface area contributed by atoms with Crippen molar-refractivity contribution >= 4 is 17.5 Å². The van der Waals surface area contributed by atoms with E-state index in [0.717, 1.165) is 24.8 Å². The Morgan fingerprint density at radius 1 is 1.55 bits per heavy atom. The second kappa shape index (κ2) is 6.95. The first kappa shape index (κ1) is 15.1. The predicted octanol–water partition coefficient (Wildman–Crippen LogP) is 2.28. The smallest absolute Gasteiger partial charge is 0.258 e. The molecule has 5 heteroatoms. The van der Waals surface area contributed by atoms with Crippen LogP contribution in [-0.2, 0) is 11.2 Å². The number of hydrogen-bond acceptors (Lipinski definition) is 3. The van der Waals surface area contributed by atoms with E-state index in [9.17, 15) is 4.79 Å². The molecule has 0 aliphatic heterocycles. The number of amides is 1. The molecule has 110 valence electrons. The summed E-state index contributed by atoms with van der Waals surface area (Å²) in [5, 5.41) is 3.52. The SMILES string of the molecule is CCC(N)Cc1c(Cl)cccc1OCC(=O)NC1CC1. The molecule has 1 unspecified atom stereocenters. The van der Waals surface area contributed by atoms with Crippen LogP contribution in [-0.4, -0.2) is 24.6 Å². The number of nitrogens with two attached hydrogens (primary N) is 1. The van der Waals surface area contributed by atoms with Crippen molar-refractivity contribution in [2.45, 2.75) is 44.7 Å². The van der Waals surface area contributed by atoms with E-state index in [2.05, 4.69) is 5.32 Å². The van der Waals surface area contributed by atoms with E-state index in [1.165, 1.54) is 0 Å². The molecule has 1 aromatic rings. The van der Waals surface area contributed by atoms with Crippen LogP contribution in [0.25, 0.3) is 0 Å². The van der Waals surface area contributed by atoms with E-state index in [-0.39, 0.29) is 18.6 Å². The zero-order valence-electron chi connectivity index (χ0n) is 11.7. The summed E-state index contributed by atoms with van der Waals surface area (Å²) in [6.07, 6.45) is 3.65. The molecular weight excluding hydrogens is 276 g/mol. The van der Waals surface area contributed by atoms with E-state index in [1.807, 2.05) is 25.1 Å². The van der Waals surface area contributed by atoms with Gasteiger partial charge in [0.2, 0.25) is 0 Å². The third kappa shape index (κ3) is 4.39. The van der Waals surface area contributed by atoms with Crippen molar-refractivity contribution in [3.63, 3.8) is 0 Å². The molecule has 0 spiro atoms. The average molecular weight is 297 g/mol. The van der Waals surface area contributed by atoms with Crippen molar-refractivity contribution in [2.24, 2.45) is 5.73 Å². The number of hydrogen-bond donors (Lipinski definition) is 2. The fourth-order valence-corrected chi connectivity index (χ4v) is 2.16. The number of halogens is 1. The van der Waals surface area contributed by atoms with E-state index in [4.69, 9.17) is 22.1 Å². The monoisotopic (exact) mass is 296 g/mol. The summed E-state index contributed by atoms with van der Waals surface area (Å²) in [5.41, 5.74) is 6.86. The third-order valence-corrected chi connectivity index (χ3v) is 3.72. The van der Waals surface area contributed by atoms with Crippen molar-refractivity contribution in [2.75, 3.05) is 6.61 Å². The summed E-state index contributed by atoms with van der Waals surface area (Å²) < 4.78 is 5.60. The topological polar surface area (TPSA) is 64.3 Å². The van der Waals surface area contributed by atoms with Gasteiger partial charge in [-0.05, 0) is 37.8 Å². The Hall–Kier alpha value is -1.26. The lowest BCUT2D eigenvalue weighted by atomic mass is 10.0. The molecule has 1 amide bonds. The van der Waals surface area contributed by atoms with E-state index >= 15 is 0 Å². The van der Waals surface area contributed by atoms with Crippen LogP contribution >= 0.6 is 11.6 Å². The van der Waals surface area contributed by atoms with Crippen molar-refractivity contribution in [1.29, 1.82) is 0 Å². The van der Waals surface area contributed by atoms with Gasteiger partial charge in [-0.3, -0.25) is 4.79 Å². The standard InChI is InChI=1S/C15H21ClN2O2/c1-2-10(17)8-12-13(16)4-3-5-14(12)20-9-15(19)18-11-6-7-11/h3-5,10-11H,2,6-9,17H2,1H3,(H,18,19). The molecule has 1 aliphatic carbocycles. The van der Waals surface area contributed by atoms with Gasteiger partial charge < -0.3 is 15.8 Å². The first-order valence-electron chi connectivity index (χ1n) is 7.05. The van der Waals surface area contributed by atoms with Crippen molar-refractivity contribution < 1.29 is 9.53 Å². The van der Waals surface area contributed by atoms with Crippen LogP contribution < -0.4 is 15.8 Å². The maximum atomic E-state index is 11.6. The van der Waals surface area contributed by atoms with Crippen molar-refractivity contribution in [3.05, 3.63) is 28.8 Å². The number of ether oxygens (including phenoxy) is 1.